The van der Waals surface area contributed by atoms with E-state index in [2.05, 4.69) is 24.3 Å². The van der Waals surface area contributed by atoms with E-state index in [4.69, 9.17) is 28.4 Å². The van der Waals surface area contributed by atoms with Crippen LogP contribution in [0.3, 0.4) is 0 Å². The van der Waals surface area contributed by atoms with Gasteiger partial charge >= 0.3 is 0 Å². The highest BCUT2D eigenvalue weighted by Gasteiger charge is 2.60. The van der Waals surface area contributed by atoms with Crippen molar-refractivity contribution in [1.29, 1.82) is 0 Å². The maximum absolute atomic E-state index is 6.24. The number of methoxy groups -OCH3 is 1. The summed E-state index contributed by atoms with van der Waals surface area (Å²) >= 11 is 0. The maximum Gasteiger partial charge on any atom is 0.235 e. The highest BCUT2D eigenvalue weighted by molar-refractivity contribution is 5.15. The molecule has 184 valence electrons. The van der Waals surface area contributed by atoms with E-state index in [0.717, 1.165) is 24.8 Å². The number of benzene rings is 2. The second kappa shape index (κ2) is 11.5. The molecular formula is C28H36O6. The Balaban J connectivity index is 1.39. The van der Waals surface area contributed by atoms with Crippen LogP contribution in [0.2, 0.25) is 0 Å². The van der Waals surface area contributed by atoms with Crippen LogP contribution >= 0.6 is 0 Å². The lowest BCUT2D eigenvalue weighted by molar-refractivity contribution is -0.344. The van der Waals surface area contributed by atoms with Crippen molar-refractivity contribution in [1.82, 2.24) is 0 Å². The fourth-order valence-electron chi connectivity index (χ4n) is 4.46. The van der Waals surface area contributed by atoms with Gasteiger partial charge in [-0.3, -0.25) is 0 Å². The lowest BCUT2D eigenvalue weighted by atomic mass is 9.96. The fraction of sp³-hybridized carbons (Fsp3) is 0.500. The predicted octanol–water partition coefficient (Wildman–Crippen LogP) is 5.02. The molecule has 2 fully saturated rings. The minimum Gasteiger partial charge on any atom is -0.490 e. The second-order valence-electron chi connectivity index (χ2n) is 9.26. The third kappa shape index (κ3) is 6.26. The molecule has 2 heterocycles. The molecule has 0 saturated carbocycles. The minimum atomic E-state index is -1.05. The van der Waals surface area contributed by atoms with Gasteiger partial charge in [0.2, 0.25) is 5.79 Å². The van der Waals surface area contributed by atoms with Gasteiger partial charge in [0.25, 0.3) is 0 Å². The number of rotatable bonds is 10. The molecule has 4 atom stereocenters. The second-order valence-corrected chi connectivity index (χ2v) is 9.26. The number of hydrogen-bond donors (Lipinski definition) is 0. The van der Waals surface area contributed by atoms with Crippen LogP contribution in [0.4, 0.5) is 0 Å². The van der Waals surface area contributed by atoms with Gasteiger partial charge in [-0.1, -0.05) is 60.7 Å². The first kappa shape index (κ1) is 24.9. The number of aryl methyl sites for hydroxylation is 1. The van der Waals surface area contributed by atoms with E-state index in [1.54, 1.807) is 13.4 Å². The first-order valence-electron chi connectivity index (χ1n) is 12.0. The van der Waals surface area contributed by atoms with Crippen LogP contribution in [0.5, 0.6) is 0 Å². The van der Waals surface area contributed by atoms with E-state index in [1.807, 2.05) is 56.3 Å². The number of ether oxygens (including phenoxy) is 6. The summed E-state index contributed by atoms with van der Waals surface area (Å²) in [6.45, 7) is 4.80. The van der Waals surface area contributed by atoms with Crippen molar-refractivity contribution >= 4 is 0 Å². The van der Waals surface area contributed by atoms with E-state index in [9.17, 15) is 0 Å². The fourth-order valence-corrected chi connectivity index (χ4v) is 4.46. The summed E-state index contributed by atoms with van der Waals surface area (Å²) in [5.41, 5.74) is 2.43. The molecule has 0 bridgehead atoms. The highest BCUT2D eigenvalue weighted by Crippen LogP contribution is 2.41. The van der Waals surface area contributed by atoms with Crippen molar-refractivity contribution in [2.24, 2.45) is 0 Å². The van der Waals surface area contributed by atoms with E-state index in [0.29, 0.717) is 13.2 Å². The first-order chi connectivity index (χ1) is 16.5. The Kier molecular flexibility index (Phi) is 8.40. The summed E-state index contributed by atoms with van der Waals surface area (Å²) < 4.78 is 36.7. The topological polar surface area (TPSA) is 55.4 Å². The largest absolute Gasteiger partial charge is 0.490 e. The SMILES string of the molecule is CO[C@H]1[C@@H](O/C=C/CCCc2ccccc2)[C@@]2(COC(C)(C)O2)OC[C@H]1OCc1ccccc1. The van der Waals surface area contributed by atoms with Crippen LogP contribution in [0, 0.1) is 0 Å². The Labute approximate surface area is 202 Å². The average Bonchev–Trinajstić information content (AvgIpc) is 3.17. The minimum absolute atomic E-state index is 0.262. The number of allylic oxidation sites excluding steroid dienone is 1. The van der Waals surface area contributed by atoms with Crippen molar-refractivity contribution < 1.29 is 28.4 Å². The third-order valence-electron chi connectivity index (χ3n) is 6.21. The summed E-state index contributed by atoms with van der Waals surface area (Å²) in [4.78, 5) is 0. The third-order valence-corrected chi connectivity index (χ3v) is 6.21. The van der Waals surface area contributed by atoms with Crippen LogP contribution in [-0.4, -0.2) is 50.2 Å². The van der Waals surface area contributed by atoms with E-state index >= 15 is 0 Å². The molecule has 2 saturated heterocycles. The van der Waals surface area contributed by atoms with Crippen molar-refractivity contribution in [2.45, 2.75) is 69.6 Å². The van der Waals surface area contributed by atoms with Gasteiger partial charge in [0.15, 0.2) is 11.9 Å². The zero-order valence-corrected chi connectivity index (χ0v) is 20.4. The lowest BCUT2D eigenvalue weighted by Crippen LogP contribution is -2.64. The highest BCUT2D eigenvalue weighted by atomic mass is 16.8. The smallest absolute Gasteiger partial charge is 0.235 e. The summed E-state index contributed by atoms with van der Waals surface area (Å²) in [6.07, 6.45) is 5.52. The average molecular weight is 469 g/mol. The Morgan fingerprint density at radius 2 is 1.68 bits per heavy atom. The van der Waals surface area contributed by atoms with Crippen LogP contribution in [-0.2, 0) is 41.4 Å². The van der Waals surface area contributed by atoms with Crippen LogP contribution in [0.15, 0.2) is 73.0 Å². The van der Waals surface area contributed by atoms with Crippen molar-refractivity contribution in [3.63, 3.8) is 0 Å². The molecule has 0 radical (unpaired) electrons. The molecule has 4 rings (SSSR count). The molecule has 2 aromatic carbocycles. The van der Waals surface area contributed by atoms with E-state index in [1.165, 1.54) is 5.56 Å². The Morgan fingerprint density at radius 3 is 2.32 bits per heavy atom. The first-order valence-corrected chi connectivity index (χ1v) is 12.0. The van der Waals surface area contributed by atoms with Crippen molar-refractivity contribution in [2.75, 3.05) is 20.3 Å². The van der Waals surface area contributed by atoms with Gasteiger partial charge in [0.05, 0.1) is 19.5 Å². The summed E-state index contributed by atoms with van der Waals surface area (Å²) in [6, 6.07) is 20.6. The summed E-state index contributed by atoms with van der Waals surface area (Å²) in [5.74, 6) is -1.82. The Morgan fingerprint density at radius 1 is 0.971 bits per heavy atom. The van der Waals surface area contributed by atoms with Gasteiger partial charge < -0.3 is 28.4 Å². The monoisotopic (exact) mass is 468 g/mol. The van der Waals surface area contributed by atoms with Crippen molar-refractivity contribution in [3.05, 3.63) is 84.1 Å². The Bertz CT molecular complexity index is 900. The van der Waals surface area contributed by atoms with Gasteiger partial charge in [-0.15, -0.1) is 0 Å². The van der Waals surface area contributed by atoms with Gasteiger partial charge in [0, 0.05) is 7.11 Å². The molecular weight excluding hydrogens is 432 g/mol. The standard InChI is InChI=1S/C28H36O6/c1-27(2)33-21-28(34-27)26(30-18-12-6-11-15-22-13-7-4-8-14-22)25(29-3)24(20-32-28)31-19-23-16-9-5-10-17-23/h4-5,7-10,12-14,16-18,24-26H,6,11,15,19-21H2,1-3H3/b18-12+/t24-,25-,26-,28+/m1/s1. The molecule has 0 unspecified atom stereocenters. The van der Waals surface area contributed by atoms with Gasteiger partial charge in [-0.2, -0.15) is 0 Å². The molecule has 0 amide bonds. The molecule has 0 aromatic heterocycles. The molecule has 0 N–H and O–H groups in total. The Hall–Kier alpha value is -2.22. The molecule has 1 spiro atoms. The molecule has 0 aliphatic carbocycles. The number of hydrogen-bond acceptors (Lipinski definition) is 6. The van der Waals surface area contributed by atoms with Crippen molar-refractivity contribution in [3.8, 4) is 0 Å². The van der Waals surface area contributed by atoms with Crippen LogP contribution < -0.4 is 0 Å². The zero-order chi connectivity index (χ0) is 23.9. The van der Waals surface area contributed by atoms with Gasteiger partial charge in [-0.25, -0.2) is 0 Å². The molecule has 6 heteroatoms. The van der Waals surface area contributed by atoms with E-state index in [-0.39, 0.29) is 18.8 Å². The maximum atomic E-state index is 6.24. The molecule has 2 aromatic rings. The predicted molar refractivity (Wildman–Crippen MR) is 129 cm³/mol. The molecule has 2 aliphatic heterocycles. The van der Waals surface area contributed by atoms with Crippen LogP contribution in [0.25, 0.3) is 0 Å². The molecule has 6 nitrogen and oxygen atoms in total. The summed E-state index contributed by atoms with van der Waals surface area (Å²) in [5, 5.41) is 0. The van der Waals surface area contributed by atoms with Gasteiger partial charge in [-0.05, 0) is 50.3 Å². The van der Waals surface area contributed by atoms with E-state index < -0.39 is 17.7 Å². The zero-order valence-electron chi connectivity index (χ0n) is 20.4. The summed E-state index contributed by atoms with van der Waals surface area (Å²) in [7, 11) is 1.67. The quantitative estimate of drug-likeness (QED) is 0.361. The lowest BCUT2D eigenvalue weighted by Gasteiger charge is -2.46. The number of unbranched alkanes of at least 4 members (excludes halogenated alkanes) is 1. The normalized spacial score (nSPS) is 28.5. The van der Waals surface area contributed by atoms with Crippen LogP contribution in [0.1, 0.15) is 37.8 Å². The molecule has 2 aliphatic rings. The van der Waals surface area contributed by atoms with Gasteiger partial charge in [0.1, 0.15) is 18.8 Å². The molecule has 34 heavy (non-hydrogen) atoms.